The number of benzene rings is 2. The third-order valence-corrected chi connectivity index (χ3v) is 4.94. The van der Waals surface area contributed by atoms with E-state index in [4.69, 9.17) is 4.74 Å². The van der Waals surface area contributed by atoms with Gasteiger partial charge in [-0.15, -0.1) is 0 Å². The number of nitrogens with zero attached hydrogens (tertiary/aromatic N) is 2. The van der Waals surface area contributed by atoms with E-state index in [9.17, 15) is 4.79 Å². The number of hydrogen-bond donors (Lipinski definition) is 0. The molecule has 1 heterocycles. The molecule has 5 heteroatoms. The minimum absolute atomic E-state index is 0.0577. The van der Waals surface area contributed by atoms with E-state index in [0.29, 0.717) is 5.75 Å². The van der Waals surface area contributed by atoms with Gasteiger partial charge in [0.05, 0.1) is 0 Å². The van der Waals surface area contributed by atoms with Gasteiger partial charge in [-0.05, 0) is 36.8 Å². The third-order valence-electron chi connectivity index (χ3n) is 4.41. The number of piperazine rings is 1. The van der Waals surface area contributed by atoms with E-state index in [2.05, 4.69) is 45.1 Å². The minimum atomic E-state index is -0.471. The Morgan fingerprint density at radius 3 is 2.32 bits per heavy atom. The second-order valence-corrected chi connectivity index (χ2v) is 7.22. The van der Waals surface area contributed by atoms with Crippen LogP contribution in [-0.2, 0) is 11.3 Å². The quantitative estimate of drug-likeness (QED) is 0.766. The van der Waals surface area contributed by atoms with Gasteiger partial charge >= 0.3 is 0 Å². The third kappa shape index (κ3) is 5.06. The molecule has 1 fully saturated rings. The number of halogens is 1. The SMILES string of the molecule is CC(Oc1ccc(Br)cc1)C(=O)N1CCN(Cc2ccccc2)CC1. The van der Waals surface area contributed by atoms with Crippen LogP contribution in [0.3, 0.4) is 0 Å². The van der Waals surface area contributed by atoms with Crippen molar-refractivity contribution in [3.05, 3.63) is 64.6 Å². The Kier molecular flexibility index (Phi) is 6.10. The van der Waals surface area contributed by atoms with Crippen molar-refractivity contribution in [2.45, 2.75) is 19.6 Å². The average Bonchev–Trinajstić information content (AvgIpc) is 2.64. The summed E-state index contributed by atoms with van der Waals surface area (Å²) in [6.07, 6.45) is -0.471. The lowest BCUT2D eigenvalue weighted by atomic mass is 10.2. The van der Waals surface area contributed by atoms with E-state index in [1.54, 1.807) is 0 Å². The Labute approximate surface area is 157 Å². The highest BCUT2D eigenvalue weighted by molar-refractivity contribution is 9.10. The monoisotopic (exact) mass is 402 g/mol. The van der Waals surface area contributed by atoms with E-state index in [1.165, 1.54) is 5.56 Å². The second-order valence-electron chi connectivity index (χ2n) is 6.30. The standard InChI is InChI=1S/C20H23BrN2O2/c1-16(25-19-9-7-18(21)8-10-19)20(24)23-13-11-22(12-14-23)15-17-5-3-2-4-6-17/h2-10,16H,11-15H2,1H3. The van der Waals surface area contributed by atoms with Crippen molar-refractivity contribution < 1.29 is 9.53 Å². The highest BCUT2D eigenvalue weighted by atomic mass is 79.9. The number of hydrogen-bond acceptors (Lipinski definition) is 3. The highest BCUT2D eigenvalue weighted by Crippen LogP contribution is 2.18. The van der Waals surface area contributed by atoms with Gasteiger partial charge in [-0.25, -0.2) is 0 Å². The van der Waals surface area contributed by atoms with Crippen molar-refractivity contribution in [3.63, 3.8) is 0 Å². The van der Waals surface area contributed by atoms with Crippen LogP contribution in [0.4, 0.5) is 0 Å². The van der Waals surface area contributed by atoms with Gasteiger partial charge in [-0.3, -0.25) is 9.69 Å². The second kappa shape index (κ2) is 8.50. The van der Waals surface area contributed by atoms with Crippen LogP contribution in [-0.4, -0.2) is 48.0 Å². The zero-order chi connectivity index (χ0) is 17.6. The normalized spacial score (nSPS) is 16.5. The molecule has 0 bridgehead atoms. The molecule has 1 unspecified atom stereocenters. The van der Waals surface area contributed by atoms with Crippen molar-refractivity contribution in [2.75, 3.05) is 26.2 Å². The van der Waals surface area contributed by atoms with Crippen molar-refractivity contribution >= 4 is 21.8 Å². The highest BCUT2D eigenvalue weighted by Gasteiger charge is 2.26. The first-order valence-electron chi connectivity index (χ1n) is 8.59. The molecule has 2 aromatic rings. The van der Waals surface area contributed by atoms with Crippen LogP contribution in [0.1, 0.15) is 12.5 Å². The summed E-state index contributed by atoms with van der Waals surface area (Å²) >= 11 is 3.40. The molecule has 2 aromatic carbocycles. The number of carbonyl (C=O) groups excluding carboxylic acids is 1. The molecule has 1 aliphatic heterocycles. The molecule has 0 spiro atoms. The summed E-state index contributed by atoms with van der Waals surface area (Å²) in [4.78, 5) is 16.9. The van der Waals surface area contributed by atoms with Gasteiger partial charge in [-0.1, -0.05) is 46.3 Å². The molecule has 1 amide bonds. The number of rotatable bonds is 5. The fourth-order valence-corrected chi connectivity index (χ4v) is 3.26. The van der Waals surface area contributed by atoms with Crippen LogP contribution in [0.15, 0.2) is 59.1 Å². The Balaban J connectivity index is 1.48. The summed E-state index contributed by atoms with van der Waals surface area (Å²) in [5.41, 5.74) is 1.31. The molecule has 1 saturated heterocycles. The van der Waals surface area contributed by atoms with Crippen LogP contribution < -0.4 is 4.74 Å². The summed E-state index contributed by atoms with van der Waals surface area (Å²) in [6, 6.07) is 18.0. The van der Waals surface area contributed by atoms with E-state index >= 15 is 0 Å². The van der Waals surface area contributed by atoms with Gasteiger partial charge in [0.1, 0.15) is 5.75 Å². The van der Waals surface area contributed by atoms with Gasteiger partial charge in [0.25, 0.3) is 5.91 Å². The first-order chi connectivity index (χ1) is 12.1. The molecular weight excluding hydrogens is 380 g/mol. The number of amides is 1. The average molecular weight is 403 g/mol. The topological polar surface area (TPSA) is 32.8 Å². The molecule has 132 valence electrons. The fourth-order valence-electron chi connectivity index (χ4n) is 2.99. The molecule has 4 nitrogen and oxygen atoms in total. The summed E-state index contributed by atoms with van der Waals surface area (Å²) in [5, 5.41) is 0. The molecule has 1 aliphatic rings. The lowest BCUT2D eigenvalue weighted by molar-refractivity contribution is -0.139. The van der Waals surface area contributed by atoms with Gasteiger partial charge in [0.2, 0.25) is 0 Å². The minimum Gasteiger partial charge on any atom is -0.481 e. The molecular formula is C20H23BrN2O2. The van der Waals surface area contributed by atoms with E-state index in [1.807, 2.05) is 42.2 Å². The summed E-state index contributed by atoms with van der Waals surface area (Å²) in [5.74, 6) is 0.772. The van der Waals surface area contributed by atoms with Gasteiger partial charge in [-0.2, -0.15) is 0 Å². The first kappa shape index (κ1) is 18.0. The van der Waals surface area contributed by atoms with Crippen LogP contribution in [0.25, 0.3) is 0 Å². The fraction of sp³-hybridized carbons (Fsp3) is 0.350. The maximum atomic E-state index is 12.6. The Hall–Kier alpha value is -1.85. The largest absolute Gasteiger partial charge is 0.481 e. The van der Waals surface area contributed by atoms with Crippen molar-refractivity contribution in [3.8, 4) is 5.75 Å². The lowest BCUT2D eigenvalue weighted by Crippen LogP contribution is -2.51. The summed E-state index contributed by atoms with van der Waals surface area (Å²) in [6.45, 7) is 6.05. The lowest BCUT2D eigenvalue weighted by Gasteiger charge is -2.35. The van der Waals surface area contributed by atoms with Crippen molar-refractivity contribution in [1.29, 1.82) is 0 Å². The summed E-state index contributed by atoms with van der Waals surface area (Å²) < 4.78 is 6.78. The van der Waals surface area contributed by atoms with Crippen molar-refractivity contribution in [1.82, 2.24) is 9.80 Å². The van der Waals surface area contributed by atoms with E-state index < -0.39 is 6.10 Å². The first-order valence-corrected chi connectivity index (χ1v) is 9.38. The van der Waals surface area contributed by atoms with Crippen LogP contribution in [0, 0.1) is 0 Å². The smallest absolute Gasteiger partial charge is 0.263 e. The van der Waals surface area contributed by atoms with Gasteiger partial charge in [0.15, 0.2) is 6.10 Å². The maximum Gasteiger partial charge on any atom is 0.263 e. The molecule has 25 heavy (non-hydrogen) atoms. The van der Waals surface area contributed by atoms with Crippen LogP contribution >= 0.6 is 15.9 Å². The maximum absolute atomic E-state index is 12.6. The zero-order valence-electron chi connectivity index (χ0n) is 14.4. The summed E-state index contributed by atoms with van der Waals surface area (Å²) in [7, 11) is 0. The molecule has 1 atom stereocenters. The molecule has 0 N–H and O–H groups in total. The molecule has 0 saturated carbocycles. The van der Waals surface area contributed by atoms with Gasteiger partial charge < -0.3 is 9.64 Å². The predicted molar refractivity (Wildman–Crippen MR) is 103 cm³/mol. The van der Waals surface area contributed by atoms with Gasteiger partial charge in [0, 0.05) is 37.2 Å². The Morgan fingerprint density at radius 2 is 1.68 bits per heavy atom. The van der Waals surface area contributed by atoms with Crippen LogP contribution in [0.5, 0.6) is 5.75 Å². The number of ether oxygens (including phenoxy) is 1. The van der Waals surface area contributed by atoms with Crippen LogP contribution in [0.2, 0.25) is 0 Å². The number of carbonyl (C=O) groups is 1. The predicted octanol–water partition coefficient (Wildman–Crippen LogP) is 3.56. The molecule has 0 radical (unpaired) electrons. The molecule has 0 aliphatic carbocycles. The molecule has 3 rings (SSSR count). The molecule has 0 aromatic heterocycles. The van der Waals surface area contributed by atoms with E-state index in [0.717, 1.165) is 37.2 Å². The van der Waals surface area contributed by atoms with Crippen molar-refractivity contribution in [2.24, 2.45) is 0 Å². The van der Waals surface area contributed by atoms with E-state index in [-0.39, 0.29) is 5.91 Å². The Morgan fingerprint density at radius 1 is 1.04 bits per heavy atom. The zero-order valence-corrected chi connectivity index (χ0v) is 16.0. The Bertz CT molecular complexity index is 683.